The maximum Gasteiger partial charge on any atom is 0.339 e. The van der Waals surface area contributed by atoms with Crippen LogP contribution in [0.25, 0.3) is 0 Å². The summed E-state index contributed by atoms with van der Waals surface area (Å²) < 4.78 is 0. The first-order valence-electron chi connectivity index (χ1n) is 6.03. The summed E-state index contributed by atoms with van der Waals surface area (Å²) in [5.74, 6) is -1.02. The molecule has 0 atom stereocenters. The average Bonchev–Trinajstić information content (AvgIpc) is 2.45. The summed E-state index contributed by atoms with van der Waals surface area (Å²) in [7, 11) is 0. The molecule has 5 nitrogen and oxygen atoms in total. The van der Waals surface area contributed by atoms with Gasteiger partial charge in [0, 0.05) is 18.4 Å². The Hall–Kier alpha value is -2.87. The SMILES string of the molecule is Cc1cc(NCc2cccc(C#N)c2)c(C(=O)O)cn1. The highest BCUT2D eigenvalue weighted by molar-refractivity contribution is 5.93. The molecule has 1 aromatic carbocycles. The fourth-order valence-corrected chi connectivity index (χ4v) is 1.82. The van der Waals surface area contributed by atoms with Crippen molar-refractivity contribution in [2.75, 3.05) is 5.32 Å². The number of benzene rings is 1. The van der Waals surface area contributed by atoms with Crippen LogP contribution in [-0.2, 0) is 6.54 Å². The molecule has 5 heteroatoms. The summed E-state index contributed by atoms with van der Waals surface area (Å²) in [5, 5.41) is 21.0. The normalized spacial score (nSPS) is 9.80. The third kappa shape index (κ3) is 3.12. The monoisotopic (exact) mass is 267 g/mol. The molecule has 2 rings (SSSR count). The number of rotatable bonds is 4. The second-order valence-electron chi connectivity index (χ2n) is 4.34. The molecule has 1 aromatic heterocycles. The molecule has 2 aromatic rings. The van der Waals surface area contributed by atoms with Crippen LogP contribution in [-0.4, -0.2) is 16.1 Å². The zero-order chi connectivity index (χ0) is 14.5. The van der Waals surface area contributed by atoms with E-state index in [1.165, 1.54) is 6.20 Å². The second-order valence-corrected chi connectivity index (χ2v) is 4.34. The minimum absolute atomic E-state index is 0.132. The Bertz CT molecular complexity index is 690. The Morgan fingerprint density at radius 3 is 2.95 bits per heavy atom. The van der Waals surface area contributed by atoms with Gasteiger partial charge in [-0.3, -0.25) is 4.98 Å². The van der Waals surface area contributed by atoms with E-state index in [9.17, 15) is 4.79 Å². The Balaban J connectivity index is 2.20. The van der Waals surface area contributed by atoms with E-state index in [1.54, 1.807) is 31.2 Å². The van der Waals surface area contributed by atoms with Crippen LogP contribution < -0.4 is 5.32 Å². The number of pyridine rings is 1. The summed E-state index contributed by atoms with van der Waals surface area (Å²) in [6.07, 6.45) is 1.34. The molecule has 0 saturated carbocycles. The number of carboxylic acids is 1. The van der Waals surface area contributed by atoms with Crippen LogP contribution in [0.5, 0.6) is 0 Å². The van der Waals surface area contributed by atoms with E-state index in [0.29, 0.717) is 17.8 Å². The van der Waals surface area contributed by atoms with E-state index in [2.05, 4.69) is 16.4 Å². The van der Waals surface area contributed by atoms with Crippen molar-refractivity contribution in [2.45, 2.75) is 13.5 Å². The molecular formula is C15H13N3O2. The lowest BCUT2D eigenvalue weighted by atomic mass is 10.1. The second kappa shape index (κ2) is 5.85. The molecule has 2 N–H and O–H groups in total. The number of nitrogens with one attached hydrogen (secondary N) is 1. The van der Waals surface area contributed by atoms with Crippen LogP contribution in [0.15, 0.2) is 36.5 Å². The first-order valence-corrected chi connectivity index (χ1v) is 6.03. The van der Waals surface area contributed by atoms with Crippen molar-refractivity contribution < 1.29 is 9.90 Å². The van der Waals surface area contributed by atoms with Crippen LogP contribution in [0.4, 0.5) is 5.69 Å². The first kappa shape index (κ1) is 13.6. The molecule has 20 heavy (non-hydrogen) atoms. The van der Waals surface area contributed by atoms with E-state index >= 15 is 0 Å². The molecule has 0 aliphatic rings. The molecular weight excluding hydrogens is 254 g/mol. The average molecular weight is 267 g/mol. The zero-order valence-corrected chi connectivity index (χ0v) is 10.9. The van der Waals surface area contributed by atoms with E-state index in [-0.39, 0.29) is 5.56 Å². The molecule has 0 fully saturated rings. The largest absolute Gasteiger partial charge is 0.478 e. The number of aromatic carboxylic acids is 1. The predicted octanol–water partition coefficient (Wildman–Crippen LogP) is 2.57. The summed E-state index contributed by atoms with van der Waals surface area (Å²) in [6, 6.07) is 10.9. The van der Waals surface area contributed by atoms with Gasteiger partial charge in [-0.1, -0.05) is 12.1 Å². The lowest BCUT2D eigenvalue weighted by Gasteiger charge is -2.10. The summed E-state index contributed by atoms with van der Waals surface area (Å²) in [5.41, 5.74) is 2.88. The molecule has 0 aliphatic carbocycles. The smallest absolute Gasteiger partial charge is 0.339 e. The standard InChI is InChI=1S/C15H13N3O2/c1-10-5-14(13(9-17-10)15(19)20)18-8-12-4-2-3-11(6-12)7-16/h2-6,9H,8H2,1H3,(H,17,18)(H,19,20). The van der Waals surface area contributed by atoms with Crippen LogP contribution in [0.3, 0.4) is 0 Å². The van der Waals surface area contributed by atoms with Crippen molar-refractivity contribution in [2.24, 2.45) is 0 Å². The summed E-state index contributed by atoms with van der Waals surface area (Å²) in [4.78, 5) is 15.1. The Labute approximate surface area is 116 Å². The number of nitriles is 1. The molecule has 1 heterocycles. The Kier molecular flexibility index (Phi) is 3.96. The first-order chi connectivity index (χ1) is 9.60. The van der Waals surface area contributed by atoms with Gasteiger partial charge < -0.3 is 10.4 Å². The highest BCUT2D eigenvalue weighted by Crippen LogP contribution is 2.17. The van der Waals surface area contributed by atoms with Crippen molar-refractivity contribution >= 4 is 11.7 Å². The lowest BCUT2D eigenvalue weighted by Crippen LogP contribution is -2.07. The van der Waals surface area contributed by atoms with Gasteiger partial charge in [-0.25, -0.2) is 4.79 Å². The number of aryl methyl sites for hydroxylation is 1. The minimum atomic E-state index is -1.02. The van der Waals surface area contributed by atoms with E-state index < -0.39 is 5.97 Å². The zero-order valence-electron chi connectivity index (χ0n) is 10.9. The number of hydrogen-bond acceptors (Lipinski definition) is 4. The van der Waals surface area contributed by atoms with Crippen molar-refractivity contribution in [3.63, 3.8) is 0 Å². The van der Waals surface area contributed by atoms with Crippen molar-refractivity contribution in [3.05, 3.63) is 58.9 Å². The number of carbonyl (C=O) groups is 1. The van der Waals surface area contributed by atoms with Gasteiger partial charge in [-0.05, 0) is 30.7 Å². The predicted molar refractivity (Wildman–Crippen MR) is 74.4 cm³/mol. The lowest BCUT2D eigenvalue weighted by molar-refractivity contribution is 0.0697. The number of anilines is 1. The summed E-state index contributed by atoms with van der Waals surface area (Å²) in [6.45, 7) is 2.24. The van der Waals surface area contributed by atoms with Gasteiger partial charge in [-0.15, -0.1) is 0 Å². The maximum absolute atomic E-state index is 11.1. The van der Waals surface area contributed by atoms with E-state index in [0.717, 1.165) is 11.3 Å². The Morgan fingerprint density at radius 2 is 2.25 bits per heavy atom. The summed E-state index contributed by atoms with van der Waals surface area (Å²) >= 11 is 0. The highest BCUT2D eigenvalue weighted by atomic mass is 16.4. The molecule has 0 unspecified atom stereocenters. The maximum atomic E-state index is 11.1. The molecule has 100 valence electrons. The Morgan fingerprint density at radius 1 is 1.45 bits per heavy atom. The fourth-order valence-electron chi connectivity index (χ4n) is 1.82. The van der Waals surface area contributed by atoms with Gasteiger partial charge in [0.15, 0.2) is 0 Å². The van der Waals surface area contributed by atoms with Crippen LogP contribution in [0.1, 0.15) is 27.2 Å². The van der Waals surface area contributed by atoms with Crippen LogP contribution in [0.2, 0.25) is 0 Å². The number of nitrogens with zero attached hydrogens (tertiary/aromatic N) is 2. The van der Waals surface area contributed by atoms with Crippen molar-refractivity contribution in [1.29, 1.82) is 5.26 Å². The number of hydrogen-bond donors (Lipinski definition) is 2. The van der Waals surface area contributed by atoms with Gasteiger partial charge in [-0.2, -0.15) is 5.26 Å². The third-order valence-corrected chi connectivity index (χ3v) is 2.81. The van der Waals surface area contributed by atoms with Gasteiger partial charge in [0.25, 0.3) is 0 Å². The van der Waals surface area contributed by atoms with Gasteiger partial charge in [0.2, 0.25) is 0 Å². The van der Waals surface area contributed by atoms with Gasteiger partial charge in [0.1, 0.15) is 5.56 Å². The molecule has 0 aliphatic heterocycles. The molecule has 0 amide bonds. The quantitative estimate of drug-likeness (QED) is 0.889. The number of carboxylic acid groups (broad SMARTS) is 1. The third-order valence-electron chi connectivity index (χ3n) is 2.81. The van der Waals surface area contributed by atoms with Crippen molar-refractivity contribution in [1.82, 2.24) is 4.98 Å². The van der Waals surface area contributed by atoms with E-state index in [4.69, 9.17) is 10.4 Å². The van der Waals surface area contributed by atoms with Crippen LogP contribution in [0, 0.1) is 18.3 Å². The molecule has 0 spiro atoms. The molecule has 0 bridgehead atoms. The number of aromatic nitrogens is 1. The van der Waals surface area contributed by atoms with Crippen LogP contribution >= 0.6 is 0 Å². The topological polar surface area (TPSA) is 86.0 Å². The van der Waals surface area contributed by atoms with Crippen molar-refractivity contribution in [3.8, 4) is 6.07 Å². The molecule has 0 radical (unpaired) electrons. The van der Waals surface area contributed by atoms with Gasteiger partial charge in [0.05, 0.1) is 17.3 Å². The minimum Gasteiger partial charge on any atom is -0.478 e. The highest BCUT2D eigenvalue weighted by Gasteiger charge is 2.10. The van der Waals surface area contributed by atoms with E-state index in [1.807, 2.05) is 6.07 Å². The van der Waals surface area contributed by atoms with Gasteiger partial charge >= 0.3 is 5.97 Å². The fraction of sp³-hybridized carbons (Fsp3) is 0.133. The molecule has 0 saturated heterocycles.